The monoisotopic (exact) mass is 486 g/mol. The Hall–Kier alpha value is -3.42. The molecule has 0 bridgehead atoms. The summed E-state index contributed by atoms with van der Waals surface area (Å²) in [6.45, 7) is 6.18. The number of fused-ring (bicyclic) bond motifs is 1. The summed E-state index contributed by atoms with van der Waals surface area (Å²) >= 11 is 0. The van der Waals surface area contributed by atoms with E-state index in [0.29, 0.717) is 32.8 Å². The zero-order valence-corrected chi connectivity index (χ0v) is 20.6. The molecule has 1 N–H and O–H groups in total. The summed E-state index contributed by atoms with van der Waals surface area (Å²) in [5, 5.41) is 5.26. The van der Waals surface area contributed by atoms with Gasteiger partial charge in [-0.05, 0) is 41.4 Å². The number of hydrogen-bond acceptors (Lipinski definition) is 4. The largest absolute Gasteiger partial charge is 0.373 e. The van der Waals surface area contributed by atoms with E-state index in [9.17, 15) is 9.59 Å². The molecule has 1 atom stereocenters. The molecule has 0 aliphatic carbocycles. The molecule has 7 heteroatoms. The maximum absolute atomic E-state index is 13.2. The zero-order chi connectivity index (χ0) is 24.7. The standard InChI is InChI=1S/C29H34N4O3/c34-28(26-12-11-24-9-4-5-10-25(24)19-26)32-14-6-13-31(15-16-32)21-27-22-33(17-18-36-27)29(35)30-20-23-7-2-1-3-8-23/h1-5,7-12,19,27H,6,13-18,20-22H2,(H,30,35). The van der Waals surface area contributed by atoms with Crippen LogP contribution < -0.4 is 5.32 Å². The van der Waals surface area contributed by atoms with Crippen LogP contribution in [0.25, 0.3) is 10.8 Å². The Labute approximate surface area is 212 Å². The Balaban J connectivity index is 1.11. The summed E-state index contributed by atoms with van der Waals surface area (Å²) in [5.74, 6) is 0.0952. The van der Waals surface area contributed by atoms with Crippen molar-refractivity contribution in [2.45, 2.75) is 19.1 Å². The number of carbonyl (C=O) groups excluding carboxylic acids is 2. The van der Waals surface area contributed by atoms with Crippen molar-refractivity contribution in [3.05, 3.63) is 83.9 Å². The molecule has 7 nitrogen and oxygen atoms in total. The fourth-order valence-electron chi connectivity index (χ4n) is 5.05. The molecule has 3 aromatic rings. The molecule has 5 rings (SSSR count). The van der Waals surface area contributed by atoms with Gasteiger partial charge in [-0.25, -0.2) is 4.79 Å². The zero-order valence-electron chi connectivity index (χ0n) is 20.6. The van der Waals surface area contributed by atoms with Crippen molar-refractivity contribution in [1.82, 2.24) is 20.0 Å². The average molecular weight is 487 g/mol. The highest BCUT2D eigenvalue weighted by Crippen LogP contribution is 2.18. The number of ether oxygens (including phenoxy) is 1. The lowest BCUT2D eigenvalue weighted by Crippen LogP contribution is -2.52. The van der Waals surface area contributed by atoms with Crippen LogP contribution in [0, 0.1) is 0 Å². The third kappa shape index (κ3) is 6.04. The Morgan fingerprint density at radius 3 is 2.50 bits per heavy atom. The second kappa shape index (κ2) is 11.5. The van der Waals surface area contributed by atoms with E-state index in [2.05, 4.69) is 16.3 Å². The summed E-state index contributed by atoms with van der Waals surface area (Å²) in [6.07, 6.45) is 0.900. The van der Waals surface area contributed by atoms with E-state index in [1.165, 1.54) is 0 Å². The number of morpholine rings is 1. The predicted octanol–water partition coefficient (Wildman–Crippen LogP) is 3.60. The minimum absolute atomic E-state index is 0.0241. The van der Waals surface area contributed by atoms with Crippen LogP contribution in [0.3, 0.4) is 0 Å². The molecule has 3 amide bonds. The first-order valence-corrected chi connectivity index (χ1v) is 12.8. The topological polar surface area (TPSA) is 65.1 Å². The van der Waals surface area contributed by atoms with Gasteiger partial charge in [0.1, 0.15) is 0 Å². The lowest BCUT2D eigenvalue weighted by molar-refractivity contribution is -0.0299. The fourth-order valence-corrected chi connectivity index (χ4v) is 5.05. The third-order valence-electron chi connectivity index (χ3n) is 7.05. The van der Waals surface area contributed by atoms with Crippen molar-refractivity contribution in [2.24, 2.45) is 0 Å². The molecule has 3 aromatic carbocycles. The summed E-state index contributed by atoms with van der Waals surface area (Å²) in [4.78, 5) is 32.1. The van der Waals surface area contributed by atoms with E-state index in [1.54, 1.807) is 0 Å². The molecule has 36 heavy (non-hydrogen) atoms. The second-order valence-corrected chi connectivity index (χ2v) is 9.59. The SMILES string of the molecule is O=C(NCc1ccccc1)N1CCOC(CN2CCCN(C(=O)c3ccc4ccccc4c3)CC2)C1. The number of nitrogens with one attached hydrogen (secondary N) is 1. The minimum Gasteiger partial charge on any atom is -0.373 e. The van der Waals surface area contributed by atoms with Gasteiger partial charge in [0.2, 0.25) is 0 Å². The highest BCUT2D eigenvalue weighted by atomic mass is 16.5. The number of rotatable bonds is 5. The predicted molar refractivity (Wildman–Crippen MR) is 141 cm³/mol. The van der Waals surface area contributed by atoms with Gasteiger partial charge in [-0.2, -0.15) is 0 Å². The number of urea groups is 1. The van der Waals surface area contributed by atoms with Gasteiger partial charge in [0, 0.05) is 51.4 Å². The molecule has 2 heterocycles. The molecule has 1 unspecified atom stereocenters. The molecule has 0 radical (unpaired) electrons. The summed E-state index contributed by atoms with van der Waals surface area (Å²) in [7, 11) is 0. The van der Waals surface area contributed by atoms with Crippen LogP contribution in [-0.2, 0) is 11.3 Å². The molecule has 0 spiro atoms. The number of carbonyl (C=O) groups is 2. The van der Waals surface area contributed by atoms with Crippen molar-refractivity contribution in [1.29, 1.82) is 0 Å². The van der Waals surface area contributed by atoms with E-state index >= 15 is 0 Å². The van der Waals surface area contributed by atoms with E-state index < -0.39 is 0 Å². The quantitative estimate of drug-likeness (QED) is 0.599. The summed E-state index contributed by atoms with van der Waals surface area (Å²) in [6, 6.07) is 24.0. The first-order valence-electron chi connectivity index (χ1n) is 12.8. The van der Waals surface area contributed by atoms with Crippen molar-refractivity contribution in [2.75, 3.05) is 52.4 Å². The van der Waals surface area contributed by atoms with Gasteiger partial charge in [0.05, 0.1) is 12.7 Å². The first kappa shape index (κ1) is 24.3. The molecule has 2 aliphatic rings. The van der Waals surface area contributed by atoms with E-state index in [1.807, 2.05) is 76.5 Å². The van der Waals surface area contributed by atoms with E-state index in [4.69, 9.17) is 4.74 Å². The Bertz CT molecular complexity index is 1190. The lowest BCUT2D eigenvalue weighted by Gasteiger charge is -2.35. The summed E-state index contributed by atoms with van der Waals surface area (Å²) < 4.78 is 6.01. The van der Waals surface area contributed by atoms with Crippen LogP contribution in [-0.4, -0.2) is 85.2 Å². The Morgan fingerprint density at radius 2 is 1.64 bits per heavy atom. The number of nitrogens with zero attached hydrogens (tertiary/aromatic N) is 3. The van der Waals surface area contributed by atoms with Crippen molar-refractivity contribution in [3.63, 3.8) is 0 Å². The fraction of sp³-hybridized carbons (Fsp3) is 0.379. The Morgan fingerprint density at radius 1 is 0.833 bits per heavy atom. The maximum Gasteiger partial charge on any atom is 0.317 e. The smallest absolute Gasteiger partial charge is 0.317 e. The van der Waals surface area contributed by atoms with Gasteiger partial charge in [0.25, 0.3) is 5.91 Å². The number of amides is 3. The molecule has 2 saturated heterocycles. The first-order chi connectivity index (χ1) is 17.7. The molecule has 0 saturated carbocycles. The highest BCUT2D eigenvalue weighted by Gasteiger charge is 2.27. The van der Waals surface area contributed by atoms with Crippen LogP contribution >= 0.6 is 0 Å². The van der Waals surface area contributed by atoms with Crippen LogP contribution in [0.2, 0.25) is 0 Å². The van der Waals surface area contributed by atoms with Gasteiger partial charge in [-0.3, -0.25) is 9.69 Å². The normalized spacial score (nSPS) is 19.2. The molecule has 2 aliphatic heterocycles. The molecular formula is C29H34N4O3. The Kier molecular flexibility index (Phi) is 7.79. The van der Waals surface area contributed by atoms with E-state index in [0.717, 1.165) is 54.5 Å². The van der Waals surface area contributed by atoms with Crippen molar-refractivity contribution in [3.8, 4) is 0 Å². The highest BCUT2D eigenvalue weighted by molar-refractivity contribution is 5.98. The molecule has 188 valence electrons. The average Bonchev–Trinajstić information content (AvgIpc) is 3.17. The van der Waals surface area contributed by atoms with Crippen LogP contribution in [0.1, 0.15) is 22.3 Å². The summed E-state index contributed by atoms with van der Waals surface area (Å²) in [5.41, 5.74) is 1.83. The van der Waals surface area contributed by atoms with Crippen LogP contribution in [0.5, 0.6) is 0 Å². The maximum atomic E-state index is 13.2. The minimum atomic E-state index is -0.0461. The van der Waals surface area contributed by atoms with Gasteiger partial charge in [-0.1, -0.05) is 60.7 Å². The van der Waals surface area contributed by atoms with Crippen LogP contribution in [0.15, 0.2) is 72.8 Å². The van der Waals surface area contributed by atoms with Crippen LogP contribution in [0.4, 0.5) is 4.79 Å². The number of benzene rings is 3. The van der Waals surface area contributed by atoms with E-state index in [-0.39, 0.29) is 18.0 Å². The third-order valence-corrected chi connectivity index (χ3v) is 7.05. The number of hydrogen-bond donors (Lipinski definition) is 1. The molecule has 0 aromatic heterocycles. The molecular weight excluding hydrogens is 452 g/mol. The van der Waals surface area contributed by atoms with Gasteiger partial charge < -0.3 is 19.9 Å². The van der Waals surface area contributed by atoms with Gasteiger partial charge in [-0.15, -0.1) is 0 Å². The second-order valence-electron chi connectivity index (χ2n) is 9.59. The van der Waals surface area contributed by atoms with Gasteiger partial charge in [0.15, 0.2) is 0 Å². The van der Waals surface area contributed by atoms with Gasteiger partial charge >= 0.3 is 6.03 Å². The van der Waals surface area contributed by atoms with Crippen molar-refractivity contribution >= 4 is 22.7 Å². The van der Waals surface area contributed by atoms with Crippen molar-refractivity contribution < 1.29 is 14.3 Å². The molecule has 2 fully saturated rings. The lowest BCUT2D eigenvalue weighted by atomic mass is 10.1.